The average Bonchev–Trinajstić information content (AvgIpc) is 2.66. The van der Waals surface area contributed by atoms with Gasteiger partial charge in [-0.05, 0) is 12.5 Å². The van der Waals surface area contributed by atoms with Gasteiger partial charge in [-0.1, -0.05) is 37.3 Å². The van der Waals surface area contributed by atoms with Crippen molar-refractivity contribution in [1.29, 1.82) is 0 Å². The summed E-state index contributed by atoms with van der Waals surface area (Å²) in [6.45, 7) is 4.69. The minimum atomic E-state index is -0.0637. The molecule has 2 rings (SSSR count). The Bertz CT molecular complexity index is 390. The van der Waals surface area contributed by atoms with Crippen LogP contribution >= 0.6 is 0 Å². The van der Waals surface area contributed by atoms with E-state index in [1.165, 1.54) is 0 Å². The second-order valence-corrected chi connectivity index (χ2v) is 4.81. The van der Waals surface area contributed by atoms with Crippen molar-refractivity contribution >= 4 is 5.91 Å². The highest BCUT2D eigenvalue weighted by molar-refractivity contribution is 5.81. The Morgan fingerprint density at radius 3 is 2.59 bits per heavy atom. The molecular weight excluding hydrogens is 214 g/mol. The van der Waals surface area contributed by atoms with Crippen LogP contribution in [0.25, 0.3) is 0 Å². The molecule has 17 heavy (non-hydrogen) atoms. The number of amides is 1. The van der Waals surface area contributed by atoms with E-state index in [4.69, 9.17) is 0 Å². The minimum absolute atomic E-state index is 0.0637. The van der Waals surface area contributed by atoms with E-state index in [0.717, 1.165) is 5.56 Å². The fourth-order valence-electron chi connectivity index (χ4n) is 2.44. The molecule has 1 aliphatic rings. The number of aliphatic hydroxyl groups is 1. The molecule has 1 heterocycles. The molecule has 3 heteroatoms. The number of carbonyl (C=O) groups excluding carboxylic acids is 1. The van der Waals surface area contributed by atoms with E-state index < -0.39 is 0 Å². The lowest BCUT2D eigenvalue weighted by molar-refractivity contribution is -0.132. The van der Waals surface area contributed by atoms with E-state index in [9.17, 15) is 9.90 Å². The number of nitrogens with zero attached hydrogens (tertiary/aromatic N) is 1. The predicted molar refractivity (Wildman–Crippen MR) is 66.3 cm³/mol. The second-order valence-electron chi connectivity index (χ2n) is 4.81. The van der Waals surface area contributed by atoms with Crippen molar-refractivity contribution in [2.24, 2.45) is 11.8 Å². The molecule has 0 aromatic heterocycles. The van der Waals surface area contributed by atoms with E-state index in [1.54, 1.807) is 0 Å². The zero-order chi connectivity index (χ0) is 12.4. The minimum Gasteiger partial charge on any atom is -0.396 e. The summed E-state index contributed by atoms with van der Waals surface area (Å²) in [5, 5.41) is 9.25. The first-order valence-electron chi connectivity index (χ1n) is 6.11. The molecule has 1 saturated heterocycles. The monoisotopic (exact) mass is 233 g/mol. The van der Waals surface area contributed by atoms with Crippen molar-refractivity contribution in [3.05, 3.63) is 35.9 Å². The van der Waals surface area contributed by atoms with Crippen LogP contribution in [-0.2, 0) is 4.79 Å². The number of carbonyl (C=O) groups is 1. The lowest BCUT2D eigenvalue weighted by Gasteiger charge is -2.25. The molecule has 3 unspecified atom stereocenters. The van der Waals surface area contributed by atoms with E-state index in [0.29, 0.717) is 6.54 Å². The maximum Gasteiger partial charge on any atom is 0.226 e. The average molecular weight is 233 g/mol. The van der Waals surface area contributed by atoms with Crippen LogP contribution in [0.1, 0.15) is 25.5 Å². The Morgan fingerprint density at radius 1 is 1.41 bits per heavy atom. The predicted octanol–water partition coefficient (Wildman–Crippen LogP) is 1.83. The number of hydrogen-bond donors (Lipinski definition) is 1. The zero-order valence-corrected chi connectivity index (χ0v) is 10.3. The Hall–Kier alpha value is -1.35. The zero-order valence-electron chi connectivity index (χ0n) is 10.3. The molecule has 0 bridgehead atoms. The van der Waals surface area contributed by atoms with Crippen molar-refractivity contribution in [3.8, 4) is 0 Å². The van der Waals surface area contributed by atoms with Crippen LogP contribution in [0.5, 0.6) is 0 Å². The van der Waals surface area contributed by atoms with E-state index >= 15 is 0 Å². The smallest absolute Gasteiger partial charge is 0.226 e. The fraction of sp³-hybridized carbons (Fsp3) is 0.500. The quantitative estimate of drug-likeness (QED) is 0.865. The molecule has 3 atom stereocenters. The van der Waals surface area contributed by atoms with E-state index in [1.807, 2.05) is 49.1 Å². The van der Waals surface area contributed by atoms with Crippen LogP contribution in [0, 0.1) is 11.8 Å². The normalized spacial score (nSPS) is 26.3. The molecule has 1 aromatic carbocycles. The Labute approximate surface area is 102 Å². The molecule has 0 radical (unpaired) electrons. The first-order chi connectivity index (χ1) is 8.15. The maximum atomic E-state index is 12.1. The summed E-state index contributed by atoms with van der Waals surface area (Å²) in [6, 6.07) is 10.1. The summed E-state index contributed by atoms with van der Waals surface area (Å²) in [5.74, 6) is 0.167. The molecule has 3 nitrogen and oxygen atoms in total. The lowest BCUT2D eigenvalue weighted by atomic mass is 9.99. The van der Waals surface area contributed by atoms with Crippen LogP contribution in [-0.4, -0.2) is 29.1 Å². The van der Waals surface area contributed by atoms with Gasteiger partial charge in [-0.2, -0.15) is 0 Å². The van der Waals surface area contributed by atoms with Crippen molar-refractivity contribution in [3.63, 3.8) is 0 Å². The molecule has 1 amide bonds. The lowest BCUT2D eigenvalue weighted by Crippen LogP contribution is -2.29. The first-order valence-corrected chi connectivity index (χ1v) is 6.11. The summed E-state index contributed by atoms with van der Waals surface area (Å²) in [7, 11) is 0. The highest BCUT2D eigenvalue weighted by Gasteiger charge is 2.38. The summed E-state index contributed by atoms with van der Waals surface area (Å²) in [4.78, 5) is 14.0. The third-order valence-corrected chi connectivity index (χ3v) is 3.79. The Balaban J connectivity index is 2.16. The number of likely N-dealkylation sites (tertiary alicyclic amines) is 1. The van der Waals surface area contributed by atoms with Crippen molar-refractivity contribution < 1.29 is 9.90 Å². The second kappa shape index (κ2) is 4.88. The summed E-state index contributed by atoms with van der Waals surface area (Å²) in [5.41, 5.74) is 1.15. The van der Waals surface area contributed by atoms with Gasteiger partial charge in [0.2, 0.25) is 5.91 Å². The topological polar surface area (TPSA) is 40.5 Å². The van der Waals surface area contributed by atoms with Gasteiger partial charge in [-0.3, -0.25) is 4.79 Å². The summed E-state index contributed by atoms with van der Waals surface area (Å²) >= 11 is 0. The standard InChI is InChI=1S/C14H19NO2/c1-10-13(9-16)8-15(14(10)17)11(2)12-6-4-3-5-7-12/h3-7,10-11,13,16H,8-9H2,1-2H3. The summed E-state index contributed by atoms with van der Waals surface area (Å²) < 4.78 is 0. The molecule has 1 fully saturated rings. The van der Waals surface area contributed by atoms with Crippen LogP contribution in [0.15, 0.2) is 30.3 Å². The van der Waals surface area contributed by atoms with Gasteiger partial charge in [-0.15, -0.1) is 0 Å². The van der Waals surface area contributed by atoms with Crippen molar-refractivity contribution in [2.75, 3.05) is 13.2 Å². The van der Waals surface area contributed by atoms with Crippen LogP contribution in [0.3, 0.4) is 0 Å². The molecule has 1 aliphatic heterocycles. The van der Waals surface area contributed by atoms with Gasteiger partial charge in [0.05, 0.1) is 6.04 Å². The van der Waals surface area contributed by atoms with Gasteiger partial charge in [-0.25, -0.2) is 0 Å². The Morgan fingerprint density at radius 2 is 2.06 bits per heavy atom. The molecule has 1 aromatic rings. The molecule has 92 valence electrons. The van der Waals surface area contributed by atoms with Crippen LogP contribution in [0.4, 0.5) is 0 Å². The molecule has 0 saturated carbocycles. The number of hydrogen-bond acceptors (Lipinski definition) is 2. The third-order valence-electron chi connectivity index (χ3n) is 3.79. The van der Waals surface area contributed by atoms with Crippen molar-refractivity contribution in [2.45, 2.75) is 19.9 Å². The van der Waals surface area contributed by atoms with E-state index in [-0.39, 0.29) is 30.4 Å². The van der Waals surface area contributed by atoms with Crippen molar-refractivity contribution in [1.82, 2.24) is 4.90 Å². The van der Waals surface area contributed by atoms with Gasteiger partial charge >= 0.3 is 0 Å². The fourth-order valence-corrected chi connectivity index (χ4v) is 2.44. The SMILES string of the molecule is CC1C(=O)N(C(C)c2ccccc2)CC1CO. The molecule has 0 aliphatic carbocycles. The largest absolute Gasteiger partial charge is 0.396 e. The molecule has 1 N–H and O–H groups in total. The van der Waals surface area contributed by atoms with Crippen LogP contribution in [0.2, 0.25) is 0 Å². The Kier molecular flexibility index (Phi) is 3.48. The van der Waals surface area contributed by atoms with Gasteiger partial charge in [0, 0.05) is 25.0 Å². The van der Waals surface area contributed by atoms with Gasteiger partial charge < -0.3 is 10.0 Å². The van der Waals surface area contributed by atoms with Gasteiger partial charge in [0.25, 0.3) is 0 Å². The van der Waals surface area contributed by atoms with Gasteiger partial charge in [0.1, 0.15) is 0 Å². The highest BCUT2D eigenvalue weighted by atomic mass is 16.3. The maximum absolute atomic E-state index is 12.1. The first kappa shape index (κ1) is 12.1. The molecule has 0 spiro atoms. The van der Waals surface area contributed by atoms with Gasteiger partial charge in [0.15, 0.2) is 0 Å². The molecular formula is C14H19NO2. The summed E-state index contributed by atoms with van der Waals surface area (Å²) in [6.07, 6.45) is 0. The number of rotatable bonds is 3. The number of benzene rings is 1. The third kappa shape index (κ3) is 2.20. The van der Waals surface area contributed by atoms with Crippen LogP contribution < -0.4 is 0 Å². The van der Waals surface area contributed by atoms with E-state index in [2.05, 4.69) is 0 Å². The highest BCUT2D eigenvalue weighted by Crippen LogP contribution is 2.31. The number of aliphatic hydroxyl groups excluding tert-OH is 1.